The number of fused-ring (bicyclic) bond motifs is 3. The van der Waals surface area contributed by atoms with Crippen LogP contribution in [0.15, 0.2) is 47.4 Å². The topological polar surface area (TPSA) is 83.9 Å². The highest BCUT2D eigenvalue weighted by Gasteiger charge is 2.74. The number of halogens is 8. The molecule has 1 amide bonds. The molecule has 2 aromatic rings. The van der Waals surface area contributed by atoms with Gasteiger partial charge in [-0.1, -0.05) is 18.2 Å². The molecule has 3 aliphatic rings. The molecule has 15 heteroatoms. The summed E-state index contributed by atoms with van der Waals surface area (Å²) in [5.41, 5.74) is -9.79. The molecule has 1 aliphatic carbocycles. The van der Waals surface area contributed by atoms with E-state index in [1.165, 1.54) is 4.90 Å². The van der Waals surface area contributed by atoms with Gasteiger partial charge in [-0.25, -0.2) is 17.2 Å². The lowest BCUT2D eigenvalue weighted by atomic mass is 9.76. The van der Waals surface area contributed by atoms with Crippen LogP contribution in [0, 0.1) is 5.82 Å². The highest BCUT2D eigenvalue weighted by Crippen LogP contribution is 2.57. The predicted octanol–water partition coefficient (Wildman–Crippen LogP) is 4.87. The summed E-state index contributed by atoms with van der Waals surface area (Å²) in [5.74, 6) is -1.54. The molecule has 0 bridgehead atoms. The first kappa shape index (κ1) is 30.7. The molecular weight excluding hydrogens is 602 g/mol. The van der Waals surface area contributed by atoms with Crippen molar-refractivity contribution in [2.24, 2.45) is 0 Å². The molecule has 0 spiro atoms. The van der Waals surface area contributed by atoms with Gasteiger partial charge in [-0.15, -0.1) is 0 Å². The van der Waals surface area contributed by atoms with E-state index in [2.05, 4.69) is 0 Å². The van der Waals surface area contributed by atoms with Gasteiger partial charge in [0.2, 0.25) is 0 Å². The molecule has 2 atom stereocenters. The largest absolute Gasteiger partial charge is 0.435 e. The fourth-order valence-corrected chi connectivity index (χ4v) is 8.85. The molecular formula is C27H25F8NO5S. The van der Waals surface area contributed by atoms with Crippen molar-refractivity contribution < 1.29 is 58.2 Å². The van der Waals surface area contributed by atoms with Gasteiger partial charge < -0.3 is 14.7 Å². The molecule has 5 rings (SSSR count). The summed E-state index contributed by atoms with van der Waals surface area (Å²) in [5, 5.41) is 11.1. The molecule has 6 nitrogen and oxygen atoms in total. The molecule has 42 heavy (non-hydrogen) atoms. The third-order valence-corrected chi connectivity index (χ3v) is 11.2. The Morgan fingerprint density at radius 2 is 1.52 bits per heavy atom. The maximum atomic E-state index is 14.9. The molecule has 1 N–H and O–H groups in total. The van der Waals surface area contributed by atoms with Crippen LogP contribution in [0.5, 0.6) is 0 Å². The molecule has 2 saturated heterocycles. The van der Waals surface area contributed by atoms with Crippen LogP contribution in [-0.4, -0.2) is 68.1 Å². The van der Waals surface area contributed by atoms with Gasteiger partial charge in [0.25, 0.3) is 5.91 Å². The van der Waals surface area contributed by atoms with E-state index in [9.17, 15) is 53.4 Å². The van der Waals surface area contributed by atoms with Crippen LogP contribution in [0.4, 0.5) is 35.1 Å². The van der Waals surface area contributed by atoms with Gasteiger partial charge in [-0.05, 0) is 54.7 Å². The molecule has 0 saturated carbocycles. The van der Waals surface area contributed by atoms with Crippen LogP contribution in [-0.2, 0) is 36.2 Å². The summed E-state index contributed by atoms with van der Waals surface area (Å²) in [6.45, 7) is -0.0873. The Morgan fingerprint density at radius 1 is 0.929 bits per heavy atom. The van der Waals surface area contributed by atoms with Gasteiger partial charge in [0.15, 0.2) is 9.84 Å². The molecule has 230 valence electrons. The third-order valence-electron chi connectivity index (χ3n) is 8.65. The van der Waals surface area contributed by atoms with Crippen LogP contribution in [0.3, 0.4) is 0 Å². The van der Waals surface area contributed by atoms with Crippen molar-refractivity contribution in [2.75, 3.05) is 19.8 Å². The summed E-state index contributed by atoms with van der Waals surface area (Å²) in [6, 6.07) is 3.87. The minimum Gasteiger partial charge on any atom is -0.381 e. The van der Waals surface area contributed by atoms with E-state index in [4.69, 9.17) is 4.74 Å². The minimum atomic E-state index is -6.37. The number of carbonyl (C=O) groups is 1. The Hall–Kier alpha value is -2.78. The summed E-state index contributed by atoms with van der Waals surface area (Å²) in [4.78, 5) is 14.4. The quantitative estimate of drug-likeness (QED) is 0.387. The highest BCUT2D eigenvalue weighted by atomic mass is 32.2. The zero-order valence-electron chi connectivity index (χ0n) is 21.7. The number of sulfone groups is 1. The maximum Gasteiger partial charge on any atom is 0.435 e. The number of likely N-dealkylation sites (tertiary alicyclic amines) is 1. The standard InChI is InChI=1S/C27H25F8NO5S/c28-18-3-5-19(6-4-18)42(39,40)24-9-12-36(22(37)23(38)10-13-41-14-11-23)21(24)8-1-16-15-17(2-7-20(16)24)25(29,26(30,31)32)27(33,34)35/h2-7,15,21,38H,1,8-14H2/t21-,24-/m1/s1. The average molecular weight is 628 g/mol. The second kappa shape index (κ2) is 9.88. The van der Waals surface area contributed by atoms with Crippen LogP contribution in [0.25, 0.3) is 0 Å². The lowest BCUT2D eigenvalue weighted by molar-refractivity contribution is -0.348. The third kappa shape index (κ3) is 4.33. The SMILES string of the molecule is O=C(N1CC[C@@]2(S(=O)(=O)c3ccc(F)cc3)c3ccc(C(F)(C(F)(F)F)C(F)(F)F)cc3CC[C@@H]12)C1(O)CCOCC1. The van der Waals surface area contributed by atoms with Crippen LogP contribution >= 0.6 is 0 Å². The fourth-order valence-electron chi connectivity index (χ4n) is 6.49. The van der Waals surface area contributed by atoms with Gasteiger partial charge in [-0.3, -0.25) is 4.79 Å². The number of aryl methyl sites for hydroxylation is 1. The first-order valence-electron chi connectivity index (χ1n) is 13.0. The van der Waals surface area contributed by atoms with Crippen molar-refractivity contribution in [1.29, 1.82) is 0 Å². The van der Waals surface area contributed by atoms with Crippen molar-refractivity contribution >= 4 is 15.7 Å². The molecule has 0 radical (unpaired) electrons. The Morgan fingerprint density at radius 3 is 2.10 bits per heavy atom. The molecule has 2 aromatic carbocycles. The first-order valence-corrected chi connectivity index (χ1v) is 14.5. The van der Waals surface area contributed by atoms with Crippen molar-refractivity contribution in [2.45, 2.75) is 71.4 Å². The number of hydrogen-bond donors (Lipinski definition) is 1. The molecule has 2 fully saturated rings. The highest BCUT2D eigenvalue weighted by molar-refractivity contribution is 7.92. The van der Waals surface area contributed by atoms with Crippen LogP contribution < -0.4 is 0 Å². The zero-order chi connectivity index (χ0) is 30.9. The van der Waals surface area contributed by atoms with Crippen LogP contribution in [0.2, 0.25) is 0 Å². The smallest absolute Gasteiger partial charge is 0.381 e. The Balaban J connectivity index is 1.69. The van der Waals surface area contributed by atoms with E-state index in [-0.39, 0.29) is 69.1 Å². The van der Waals surface area contributed by atoms with E-state index in [0.717, 1.165) is 30.3 Å². The summed E-state index contributed by atoms with van der Waals surface area (Å²) in [7, 11) is -4.62. The Kier molecular flexibility index (Phi) is 7.21. The molecule has 2 aliphatic heterocycles. The van der Waals surface area contributed by atoms with E-state index in [1.807, 2.05) is 0 Å². The number of rotatable bonds is 4. The average Bonchev–Trinajstić information content (AvgIpc) is 3.33. The summed E-state index contributed by atoms with van der Waals surface area (Å²) in [6.07, 6.45) is -13.7. The number of ether oxygens (including phenoxy) is 1. The normalized spacial score (nSPS) is 24.7. The van der Waals surface area contributed by atoms with Crippen molar-refractivity contribution in [1.82, 2.24) is 4.90 Å². The second-order valence-electron chi connectivity index (χ2n) is 10.8. The number of amides is 1. The number of alkyl halides is 7. The van der Waals surface area contributed by atoms with Crippen molar-refractivity contribution in [3.63, 3.8) is 0 Å². The monoisotopic (exact) mass is 627 g/mol. The van der Waals surface area contributed by atoms with E-state index < -0.39 is 66.4 Å². The van der Waals surface area contributed by atoms with E-state index >= 15 is 0 Å². The van der Waals surface area contributed by atoms with Gasteiger partial charge in [0, 0.05) is 38.2 Å². The van der Waals surface area contributed by atoms with Crippen molar-refractivity contribution in [3.05, 3.63) is 65.0 Å². The second-order valence-corrected chi connectivity index (χ2v) is 13.0. The fraction of sp³-hybridized carbons (Fsp3) is 0.519. The van der Waals surface area contributed by atoms with E-state index in [1.54, 1.807) is 0 Å². The van der Waals surface area contributed by atoms with Crippen molar-refractivity contribution in [3.8, 4) is 0 Å². The number of aliphatic hydroxyl groups is 1. The molecule has 0 aromatic heterocycles. The Labute approximate surface area is 235 Å². The zero-order valence-corrected chi connectivity index (χ0v) is 22.6. The molecule has 0 unspecified atom stereocenters. The first-order chi connectivity index (χ1) is 19.4. The minimum absolute atomic E-state index is 0.0643. The number of nitrogens with zero attached hydrogens (tertiary/aromatic N) is 1. The lowest BCUT2D eigenvalue weighted by Gasteiger charge is -2.44. The number of hydrogen-bond acceptors (Lipinski definition) is 5. The lowest BCUT2D eigenvalue weighted by Crippen LogP contribution is -2.58. The number of benzene rings is 2. The van der Waals surface area contributed by atoms with Crippen LogP contribution in [0.1, 0.15) is 42.4 Å². The summed E-state index contributed by atoms with van der Waals surface area (Å²) < 4.78 is 141. The molecule has 2 heterocycles. The predicted molar refractivity (Wildman–Crippen MR) is 130 cm³/mol. The van der Waals surface area contributed by atoms with Gasteiger partial charge in [-0.2, -0.15) is 26.3 Å². The van der Waals surface area contributed by atoms with Gasteiger partial charge in [0.1, 0.15) is 16.2 Å². The van der Waals surface area contributed by atoms with Gasteiger partial charge in [0.05, 0.1) is 10.9 Å². The Bertz CT molecular complexity index is 1470. The van der Waals surface area contributed by atoms with Gasteiger partial charge >= 0.3 is 18.0 Å². The summed E-state index contributed by atoms with van der Waals surface area (Å²) >= 11 is 0. The number of carbonyl (C=O) groups excluding carboxylic acids is 1. The van der Waals surface area contributed by atoms with E-state index in [0.29, 0.717) is 6.07 Å². The maximum absolute atomic E-state index is 14.9.